The van der Waals surface area contributed by atoms with Gasteiger partial charge in [-0.15, -0.1) is 0 Å². The Morgan fingerprint density at radius 1 is 1.26 bits per heavy atom. The van der Waals surface area contributed by atoms with Gasteiger partial charge in [0.25, 0.3) is 0 Å². The Bertz CT molecular complexity index is 743. The first-order valence-electron chi connectivity index (χ1n) is 5.94. The fraction of sp³-hybridized carbons (Fsp3) is 0.143. The summed E-state index contributed by atoms with van der Waals surface area (Å²) in [6, 6.07) is 5.46. The number of aromatic nitrogens is 4. The summed E-state index contributed by atoms with van der Waals surface area (Å²) in [6.07, 6.45) is 7.09. The van der Waals surface area contributed by atoms with Crippen molar-refractivity contribution in [1.82, 2.24) is 19.7 Å². The third-order valence-corrected chi connectivity index (χ3v) is 2.92. The van der Waals surface area contributed by atoms with E-state index in [1.807, 2.05) is 25.4 Å². The fourth-order valence-electron chi connectivity index (χ4n) is 2.06. The summed E-state index contributed by atoms with van der Waals surface area (Å²) in [4.78, 5) is 20.8. The Morgan fingerprint density at radius 2 is 2.11 bits per heavy atom. The molecule has 5 nitrogen and oxygen atoms in total. The maximum absolute atomic E-state index is 12.3. The van der Waals surface area contributed by atoms with Gasteiger partial charge in [-0.3, -0.25) is 19.4 Å². The molecule has 1 aromatic carbocycles. The monoisotopic (exact) mass is 252 g/mol. The molecule has 94 valence electrons. The Morgan fingerprint density at radius 3 is 2.89 bits per heavy atom. The van der Waals surface area contributed by atoms with Gasteiger partial charge in [-0.25, -0.2) is 0 Å². The average molecular weight is 252 g/mol. The molecule has 0 amide bonds. The van der Waals surface area contributed by atoms with Crippen LogP contribution in [0.2, 0.25) is 0 Å². The number of para-hydroxylation sites is 1. The van der Waals surface area contributed by atoms with Crippen molar-refractivity contribution in [1.29, 1.82) is 0 Å². The number of hydrogen-bond donors (Lipinski definition) is 0. The molecule has 2 heterocycles. The van der Waals surface area contributed by atoms with Crippen LogP contribution in [0.1, 0.15) is 15.9 Å². The maximum Gasteiger partial charge on any atom is 0.169 e. The predicted octanol–water partition coefficient (Wildman–Crippen LogP) is 1.79. The molecule has 0 fully saturated rings. The highest BCUT2D eigenvalue weighted by Crippen LogP contribution is 2.16. The summed E-state index contributed by atoms with van der Waals surface area (Å²) in [7, 11) is 1.83. The Balaban J connectivity index is 1.97. The minimum Gasteiger partial charge on any atom is -0.294 e. The summed E-state index contributed by atoms with van der Waals surface area (Å²) < 4.78 is 1.69. The van der Waals surface area contributed by atoms with E-state index >= 15 is 0 Å². The lowest BCUT2D eigenvalue weighted by molar-refractivity contribution is 0.0994. The van der Waals surface area contributed by atoms with Crippen molar-refractivity contribution in [2.45, 2.75) is 6.42 Å². The van der Waals surface area contributed by atoms with E-state index in [0.29, 0.717) is 17.5 Å². The largest absolute Gasteiger partial charge is 0.294 e. The minimum atomic E-state index is 0.0269. The maximum atomic E-state index is 12.3. The van der Waals surface area contributed by atoms with Gasteiger partial charge in [0.15, 0.2) is 5.78 Å². The van der Waals surface area contributed by atoms with Gasteiger partial charge in [0.05, 0.1) is 17.2 Å². The molecule has 2 aromatic heterocycles. The molecule has 0 atom stereocenters. The predicted molar refractivity (Wildman–Crippen MR) is 70.8 cm³/mol. The normalized spacial score (nSPS) is 10.8. The highest BCUT2D eigenvalue weighted by Gasteiger charge is 2.12. The van der Waals surface area contributed by atoms with Crippen LogP contribution in [-0.2, 0) is 13.5 Å². The number of aryl methyl sites for hydroxylation is 1. The van der Waals surface area contributed by atoms with Crippen LogP contribution in [-0.4, -0.2) is 25.5 Å². The molecule has 0 aliphatic heterocycles. The molecule has 0 spiro atoms. The number of carbonyl (C=O) groups is 1. The van der Waals surface area contributed by atoms with E-state index in [1.165, 1.54) is 0 Å². The Kier molecular flexibility index (Phi) is 2.79. The minimum absolute atomic E-state index is 0.0269. The van der Waals surface area contributed by atoms with Gasteiger partial charge in [-0.1, -0.05) is 6.07 Å². The second-order valence-corrected chi connectivity index (χ2v) is 4.35. The van der Waals surface area contributed by atoms with Crippen LogP contribution in [0.4, 0.5) is 0 Å². The summed E-state index contributed by atoms with van der Waals surface area (Å²) in [5.74, 6) is 0.0269. The van der Waals surface area contributed by atoms with Gasteiger partial charge in [-0.05, 0) is 17.7 Å². The zero-order chi connectivity index (χ0) is 13.2. The number of hydrogen-bond acceptors (Lipinski definition) is 4. The smallest absolute Gasteiger partial charge is 0.169 e. The number of benzene rings is 1. The first-order chi connectivity index (χ1) is 9.24. The molecule has 19 heavy (non-hydrogen) atoms. The van der Waals surface area contributed by atoms with Crippen LogP contribution in [0.5, 0.6) is 0 Å². The first kappa shape index (κ1) is 11.5. The third kappa shape index (κ3) is 2.22. The van der Waals surface area contributed by atoms with Gasteiger partial charge in [0.1, 0.15) is 0 Å². The van der Waals surface area contributed by atoms with E-state index < -0.39 is 0 Å². The molecule has 0 aliphatic rings. The Labute approximate surface area is 109 Å². The molecule has 0 unspecified atom stereocenters. The number of nitrogens with zero attached hydrogens (tertiary/aromatic N) is 4. The van der Waals surface area contributed by atoms with Crippen LogP contribution in [0, 0.1) is 0 Å². The number of Topliss-reactive ketones (excluding diaryl/α,β-unsaturated/α-hetero) is 1. The Hall–Kier alpha value is -2.56. The van der Waals surface area contributed by atoms with Gasteiger partial charge in [0.2, 0.25) is 0 Å². The average Bonchev–Trinajstić information content (AvgIpc) is 2.83. The summed E-state index contributed by atoms with van der Waals surface area (Å²) >= 11 is 0. The number of fused-ring (bicyclic) bond motifs is 1. The fourth-order valence-corrected chi connectivity index (χ4v) is 2.06. The lowest BCUT2D eigenvalue weighted by Gasteiger charge is -2.03. The lowest BCUT2D eigenvalue weighted by atomic mass is 10.0. The molecule has 3 aromatic rings. The van der Waals surface area contributed by atoms with Crippen LogP contribution in [0.3, 0.4) is 0 Å². The summed E-state index contributed by atoms with van der Waals surface area (Å²) in [5.41, 5.74) is 2.89. The second kappa shape index (κ2) is 4.61. The van der Waals surface area contributed by atoms with E-state index in [4.69, 9.17) is 0 Å². The lowest BCUT2D eigenvalue weighted by Crippen LogP contribution is -2.05. The number of rotatable bonds is 3. The summed E-state index contributed by atoms with van der Waals surface area (Å²) in [6.45, 7) is 0. The van der Waals surface area contributed by atoms with Crippen molar-refractivity contribution in [3.8, 4) is 0 Å². The zero-order valence-electron chi connectivity index (χ0n) is 10.4. The number of carbonyl (C=O) groups excluding carboxylic acids is 1. The molecule has 3 rings (SSSR count). The standard InChI is InChI=1S/C14H12N4O/c1-18-9-10(8-17-18)7-13(19)11-3-2-4-12-14(11)16-6-5-15-12/h2-6,8-9H,7H2,1H3. The summed E-state index contributed by atoms with van der Waals surface area (Å²) in [5, 5.41) is 4.06. The van der Waals surface area contributed by atoms with E-state index in [1.54, 1.807) is 29.3 Å². The van der Waals surface area contributed by atoms with Crippen LogP contribution >= 0.6 is 0 Å². The van der Waals surface area contributed by atoms with Crippen molar-refractivity contribution < 1.29 is 4.79 Å². The third-order valence-electron chi connectivity index (χ3n) is 2.92. The van der Waals surface area contributed by atoms with Gasteiger partial charge >= 0.3 is 0 Å². The molecular formula is C14H12N4O. The highest BCUT2D eigenvalue weighted by molar-refractivity contribution is 6.06. The molecule has 0 bridgehead atoms. The molecule has 5 heteroatoms. The molecule has 0 saturated heterocycles. The second-order valence-electron chi connectivity index (χ2n) is 4.35. The van der Waals surface area contributed by atoms with Crippen LogP contribution in [0.15, 0.2) is 43.0 Å². The van der Waals surface area contributed by atoms with E-state index in [2.05, 4.69) is 15.1 Å². The van der Waals surface area contributed by atoms with Crippen molar-refractivity contribution >= 4 is 16.8 Å². The number of ketones is 1. The SMILES string of the molecule is Cn1cc(CC(=O)c2cccc3nccnc23)cn1. The van der Waals surface area contributed by atoms with Gasteiger partial charge in [0, 0.05) is 37.6 Å². The first-order valence-corrected chi connectivity index (χ1v) is 5.94. The van der Waals surface area contributed by atoms with Crippen molar-refractivity contribution in [3.05, 3.63) is 54.1 Å². The van der Waals surface area contributed by atoms with Crippen LogP contribution < -0.4 is 0 Å². The molecule has 0 radical (unpaired) electrons. The van der Waals surface area contributed by atoms with E-state index in [-0.39, 0.29) is 5.78 Å². The van der Waals surface area contributed by atoms with E-state index in [0.717, 1.165) is 11.1 Å². The quantitative estimate of drug-likeness (QED) is 0.667. The van der Waals surface area contributed by atoms with E-state index in [9.17, 15) is 4.79 Å². The topological polar surface area (TPSA) is 60.7 Å². The van der Waals surface area contributed by atoms with Crippen LogP contribution in [0.25, 0.3) is 11.0 Å². The molecule has 0 saturated carbocycles. The van der Waals surface area contributed by atoms with Crippen molar-refractivity contribution in [2.75, 3.05) is 0 Å². The highest BCUT2D eigenvalue weighted by atomic mass is 16.1. The zero-order valence-corrected chi connectivity index (χ0v) is 10.4. The van der Waals surface area contributed by atoms with Gasteiger partial charge < -0.3 is 0 Å². The molecule has 0 aliphatic carbocycles. The molecule has 0 N–H and O–H groups in total. The van der Waals surface area contributed by atoms with Gasteiger partial charge in [-0.2, -0.15) is 5.10 Å². The molecular weight excluding hydrogens is 240 g/mol. The van der Waals surface area contributed by atoms with Crippen molar-refractivity contribution in [3.63, 3.8) is 0 Å². The van der Waals surface area contributed by atoms with Crippen molar-refractivity contribution in [2.24, 2.45) is 7.05 Å².